The molecule has 4 nitrogen and oxygen atoms in total. The van der Waals surface area contributed by atoms with Crippen molar-refractivity contribution >= 4 is 12.0 Å². The smallest absolute Gasteiger partial charge is 0.326 e. The Kier molecular flexibility index (Phi) is 2.26. The van der Waals surface area contributed by atoms with Gasteiger partial charge in [-0.1, -0.05) is 30.3 Å². The molecule has 1 aliphatic rings. The summed E-state index contributed by atoms with van der Waals surface area (Å²) < 4.78 is 5.54. The van der Waals surface area contributed by atoms with Crippen LogP contribution in [0.2, 0.25) is 0 Å². The summed E-state index contributed by atoms with van der Waals surface area (Å²) in [5.74, 6) is -0.341. The first-order chi connectivity index (χ1) is 7.54. The van der Waals surface area contributed by atoms with Crippen LogP contribution in [0.3, 0.4) is 0 Å². The number of hydrogen-bond donors (Lipinski definition) is 0. The van der Waals surface area contributed by atoms with Crippen molar-refractivity contribution in [2.75, 3.05) is 0 Å². The van der Waals surface area contributed by atoms with Gasteiger partial charge < -0.3 is 10.3 Å². The second-order valence-electron chi connectivity index (χ2n) is 4.27. The molecule has 1 aromatic carbocycles. The maximum Gasteiger partial charge on any atom is 0.326 e. The molecule has 0 saturated carbocycles. The van der Waals surface area contributed by atoms with Crippen LogP contribution in [0.4, 0.5) is 0 Å². The summed E-state index contributed by atoms with van der Waals surface area (Å²) in [7, 11) is 0. The lowest BCUT2D eigenvalue weighted by molar-refractivity contribution is -0.121. The summed E-state index contributed by atoms with van der Waals surface area (Å²) in [6.07, 6.45) is 0.891. The van der Waals surface area contributed by atoms with Crippen LogP contribution in [-0.4, -0.2) is 22.4 Å². The average Bonchev–Trinajstić information content (AvgIpc) is 2.85. The Labute approximate surface area is 93.5 Å². The molecule has 0 aromatic heterocycles. The quantitative estimate of drug-likeness (QED) is 0.333. The molecule has 0 aliphatic carbocycles. The SMILES string of the molecule is CC1(C)O[C@]1(C(=O)C=[N+]=[N-])c1ccccc1. The van der Waals surface area contributed by atoms with E-state index in [1.54, 1.807) is 0 Å². The third-order valence-corrected chi connectivity index (χ3v) is 2.92. The van der Waals surface area contributed by atoms with Crippen molar-refractivity contribution in [1.29, 1.82) is 0 Å². The largest absolute Gasteiger partial charge is 0.361 e. The van der Waals surface area contributed by atoms with Gasteiger partial charge in [0.05, 0.1) is 0 Å². The average molecular weight is 216 g/mol. The van der Waals surface area contributed by atoms with E-state index in [1.165, 1.54) is 0 Å². The fourth-order valence-electron chi connectivity index (χ4n) is 2.07. The van der Waals surface area contributed by atoms with Gasteiger partial charge in [-0.05, 0) is 19.4 Å². The van der Waals surface area contributed by atoms with Gasteiger partial charge in [-0.3, -0.25) is 4.79 Å². The molecule has 0 unspecified atom stereocenters. The first-order valence-electron chi connectivity index (χ1n) is 5.02. The van der Waals surface area contributed by atoms with Gasteiger partial charge in [0, 0.05) is 0 Å². The second-order valence-corrected chi connectivity index (χ2v) is 4.27. The van der Waals surface area contributed by atoms with E-state index in [0.29, 0.717) is 0 Å². The lowest BCUT2D eigenvalue weighted by atomic mass is 9.85. The number of epoxide rings is 1. The van der Waals surface area contributed by atoms with Crippen LogP contribution in [-0.2, 0) is 15.1 Å². The molecule has 1 fully saturated rings. The number of rotatable bonds is 3. The minimum absolute atomic E-state index is 0.341. The number of nitrogens with zero attached hydrogens (tertiary/aromatic N) is 2. The summed E-state index contributed by atoms with van der Waals surface area (Å²) >= 11 is 0. The molecule has 0 amide bonds. The van der Waals surface area contributed by atoms with Gasteiger partial charge in [0.2, 0.25) is 0 Å². The van der Waals surface area contributed by atoms with Crippen LogP contribution in [0, 0.1) is 0 Å². The van der Waals surface area contributed by atoms with Crippen LogP contribution in [0.25, 0.3) is 5.53 Å². The van der Waals surface area contributed by atoms with E-state index >= 15 is 0 Å². The predicted octanol–water partition coefficient (Wildman–Crippen LogP) is 1.56. The monoisotopic (exact) mass is 216 g/mol. The van der Waals surface area contributed by atoms with Gasteiger partial charge in [-0.2, -0.15) is 4.79 Å². The standard InChI is InChI=1S/C12H12N2O2/c1-11(2)12(16-11,10(15)8-14-13)9-6-4-3-5-7-9/h3-8H,1-2H3/t12-/m0/s1. The highest BCUT2D eigenvalue weighted by Gasteiger charge is 2.70. The summed E-state index contributed by atoms with van der Waals surface area (Å²) in [5, 5.41) is 0. The number of benzene rings is 1. The van der Waals surface area contributed by atoms with E-state index in [-0.39, 0.29) is 5.78 Å². The molecule has 1 aromatic rings. The summed E-state index contributed by atoms with van der Waals surface area (Å²) in [6.45, 7) is 3.67. The zero-order valence-electron chi connectivity index (χ0n) is 9.18. The van der Waals surface area contributed by atoms with E-state index in [9.17, 15) is 4.79 Å². The fourth-order valence-corrected chi connectivity index (χ4v) is 2.07. The van der Waals surface area contributed by atoms with Gasteiger partial charge in [0.15, 0.2) is 5.60 Å². The summed E-state index contributed by atoms with van der Waals surface area (Å²) in [5.41, 5.74) is 7.66. The normalized spacial score (nSPS) is 25.6. The van der Waals surface area contributed by atoms with E-state index in [0.717, 1.165) is 11.8 Å². The van der Waals surface area contributed by atoms with Gasteiger partial charge in [-0.25, -0.2) is 0 Å². The minimum Gasteiger partial charge on any atom is -0.361 e. The van der Waals surface area contributed by atoms with Crippen LogP contribution >= 0.6 is 0 Å². The molecule has 82 valence electrons. The van der Waals surface area contributed by atoms with Crippen molar-refractivity contribution < 1.29 is 14.3 Å². The van der Waals surface area contributed by atoms with Crippen molar-refractivity contribution in [2.45, 2.75) is 25.0 Å². The van der Waals surface area contributed by atoms with E-state index in [2.05, 4.69) is 4.79 Å². The molecule has 1 heterocycles. The Balaban J connectivity index is 2.48. The zero-order valence-corrected chi connectivity index (χ0v) is 9.18. The number of carbonyl (C=O) groups is 1. The number of carbonyl (C=O) groups excluding carboxylic acids is 1. The fraction of sp³-hybridized carbons (Fsp3) is 0.333. The molecule has 16 heavy (non-hydrogen) atoms. The molecule has 1 saturated heterocycles. The zero-order chi connectivity index (χ0) is 11.8. The maximum absolute atomic E-state index is 11.9. The lowest BCUT2D eigenvalue weighted by Gasteiger charge is -2.09. The Morgan fingerprint density at radius 2 is 1.94 bits per heavy atom. The van der Waals surface area contributed by atoms with Crippen LogP contribution in [0.5, 0.6) is 0 Å². The summed E-state index contributed by atoms with van der Waals surface area (Å²) in [4.78, 5) is 14.7. The second kappa shape index (κ2) is 3.37. The Bertz CT molecular complexity index is 475. The maximum atomic E-state index is 11.9. The Morgan fingerprint density at radius 1 is 1.38 bits per heavy atom. The molecule has 0 bridgehead atoms. The van der Waals surface area contributed by atoms with Gasteiger partial charge in [-0.15, -0.1) is 0 Å². The molecule has 0 radical (unpaired) electrons. The predicted molar refractivity (Wildman–Crippen MR) is 58.0 cm³/mol. The molecule has 1 atom stereocenters. The van der Waals surface area contributed by atoms with Crippen LogP contribution < -0.4 is 0 Å². The molecule has 1 aliphatic heterocycles. The van der Waals surface area contributed by atoms with Crippen molar-refractivity contribution in [2.24, 2.45) is 0 Å². The molecular weight excluding hydrogens is 204 g/mol. The van der Waals surface area contributed by atoms with Crippen molar-refractivity contribution in [1.82, 2.24) is 0 Å². The van der Waals surface area contributed by atoms with Gasteiger partial charge in [0.25, 0.3) is 5.78 Å². The van der Waals surface area contributed by atoms with E-state index < -0.39 is 11.2 Å². The van der Waals surface area contributed by atoms with Crippen LogP contribution in [0.1, 0.15) is 19.4 Å². The van der Waals surface area contributed by atoms with E-state index in [4.69, 9.17) is 10.3 Å². The highest BCUT2D eigenvalue weighted by atomic mass is 16.6. The minimum atomic E-state index is -1.000. The Morgan fingerprint density at radius 3 is 2.38 bits per heavy atom. The highest BCUT2D eigenvalue weighted by Crippen LogP contribution is 2.55. The first kappa shape index (κ1) is 10.7. The van der Waals surface area contributed by atoms with Crippen LogP contribution in [0.15, 0.2) is 30.3 Å². The summed E-state index contributed by atoms with van der Waals surface area (Å²) in [6, 6.07) is 9.23. The van der Waals surface area contributed by atoms with Crippen molar-refractivity contribution in [3.63, 3.8) is 0 Å². The molecular formula is C12H12N2O2. The lowest BCUT2D eigenvalue weighted by Crippen LogP contribution is -2.30. The first-order valence-corrected chi connectivity index (χ1v) is 5.02. The topological polar surface area (TPSA) is 66.0 Å². The van der Waals surface area contributed by atoms with E-state index in [1.807, 2.05) is 44.2 Å². The number of hydrogen-bond acceptors (Lipinski definition) is 2. The molecule has 0 N–H and O–H groups in total. The molecule has 4 heteroatoms. The number of ketones is 1. The third kappa shape index (κ3) is 1.32. The molecule has 0 spiro atoms. The van der Waals surface area contributed by atoms with Gasteiger partial charge >= 0.3 is 6.21 Å². The third-order valence-electron chi connectivity index (χ3n) is 2.92. The molecule has 2 rings (SSSR count). The number of ether oxygens (including phenoxy) is 1. The number of Topliss-reactive ketones (excluding diaryl/α,β-unsaturated/α-hetero) is 1. The van der Waals surface area contributed by atoms with Gasteiger partial charge in [0.1, 0.15) is 5.60 Å². The Hall–Kier alpha value is -1.77. The van der Waals surface area contributed by atoms with Crippen molar-refractivity contribution in [3.05, 3.63) is 41.4 Å². The highest BCUT2D eigenvalue weighted by molar-refractivity contribution is 6.30. The van der Waals surface area contributed by atoms with Crippen molar-refractivity contribution in [3.8, 4) is 0 Å².